The number of nitrogens with one attached hydrogen (secondary N) is 1. The highest BCUT2D eigenvalue weighted by Crippen LogP contribution is 2.12. The monoisotopic (exact) mass is 206 g/mol. The van der Waals surface area contributed by atoms with Crippen LogP contribution in [0.25, 0.3) is 0 Å². The van der Waals surface area contributed by atoms with Crippen molar-refractivity contribution in [3.63, 3.8) is 0 Å². The van der Waals surface area contributed by atoms with Crippen LogP contribution in [0.3, 0.4) is 0 Å². The first-order valence-electron chi connectivity index (χ1n) is 4.58. The summed E-state index contributed by atoms with van der Waals surface area (Å²) in [4.78, 5) is 4.03. The molecule has 0 aliphatic carbocycles. The molecule has 0 saturated carbocycles. The fraction of sp³-hybridized carbons (Fsp3) is 0.200. The second-order valence-corrected chi connectivity index (χ2v) is 3.13. The second kappa shape index (κ2) is 4.08. The van der Waals surface area contributed by atoms with Crippen LogP contribution in [-0.2, 0) is 13.6 Å². The quantitative estimate of drug-likeness (QED) is 0.828. The summed E-state index contributed by atoms with van der Waals surface area (Å²) in [5, 5.41) is 6.88. The molecular formula is C10H11FN4. The Balaban J connectivity index is 2.06. The lowest BCUT2D eigenvalue weighted by atomic mass is 10.3. The first kappa shape index (κ1) is 9.64. The largest absolute Gasteiger partial charge is 0.375 e. The average molecular weight is 206 g/mol. The maximum Gasteiger partial charge on any atom is 0.146 e. The van der Waals surface area contributed by atoms with Crippen LogP contribution in [-0.4, -0.2) is 14.8 Å². The first-order valence-corrected chi connectivity index (χ1v) is 4.58. The number of nitrogens with zero attached hydrogens (tertiary/aromatic N) is 3. The number of hydrogen-bond acceptors (Lipinski definition) is 3. The number of aryl methyl sites for hydroxylation is 1. The summed E-state index contributed by atoms with van der Waals surface area (Å²) in [6.07, 6.45) is 1.47. The predicted molar refractivity (Wildman–Crippen MR) is 54.7 cm³/mol. The summed E-state index contributed by atoms with van der Waals surface area (Å²) in [5.74, 6) is 0.498. The number of anilines is 1. The van der Waals surface area contributed by atoms with Gasteiger partial charge in [-0.25, -0.2) is 9.37 Å². The van der Waals surface area contributed by atoms with Crippen LogP contribution < -0.4 is 5.32 Å². The summed E-state index contributed by atoms with van der Waals surface area (Å²) in [5.41, 5.74) is 0.473. The molecule has 15 heavy (non-hydrogen) atoms. The molecule has 0 saturated heterocycles. The van der Waals surface area contributed by atoms with E-state index in [1.807, 2.05) is 0 Å². The fourth-order valence-corrected chi connectivity index (χ4v) is 1.26. The summed E-state index contributed by atoms with van der Waals surface area (Å²) >= 11 is 0. The van der Waals surface area contributed by atoms with Gasteiger partial charge in [-0.2, -0.15) is 5.10 Å². The van der Waals surface area contributed by atoms with Crippen molar-refractivity contribution in [1.82, 2.24) is 14.8 Å². The average Bonchev–Trinajstić information content (AvgIpc) is 2.63. The molecule has 0 spiro atoms. The molecule has 78 valence electrons. The van der Waals surface area contributed by atoms with Crippen LogP contribution in [0, 0.1) is 5.82 Å². The Labute approximate surface area is 86.8 Å². The Morgan fingerprint density at radius 3 is 2.87 bits per heavy atom. The molecule has 0 bridgehead atoms. The van der Waals surface area contributed by atoms with Crippen LogP contribution in [0.2, 0.25) is 0 Å². The SMILES string of the molecule is Cn1ncnc1CNc1ccccc1F. The van der Waals surface area contributed by atoms with E-state index in [0.29, 0.717) is 12.2 Å². The van der Waals surface area contributed by atoms with E-state index in [4.69, 9.17) is 0 Å². The maximum absolute atomic E-state index is 13.2. The molecule has 0 aliphatic heterocycles. The van der Waals surface area contributed by atoms with Gasteiger partial charge in [0.2, 0.25) is 0 Å². The molecule has 2 rings (SSSR count). The van der Waals surface area contributed by atoms with Gasteiger partial charge in [-0.15, -0.1) is 0 Å². The summed E-state index contributed by atoms with van der Waals surface area (Å²) in [6.45, 7) is 0.456. The van der Waals surface area contributed by atoms with Crippen molar-refractivity contribution < 1.29 is 4.39 Å². The van der Waals surface area contributed by atoms with E-state index >= 15 is 0 Å². The Hall–Kier alpha value is -1.91. The highest BCUT2D eigenvalue weighted by Gasteiger charge is 2.02. The standard InChI is InChI=1S/C10H11FN4/c1-15-10(13-7-14-15)6-12-9-5-3-2-4-8(9)11/h2-5,7,12H,6H2,1H3. The molecule has 0 radical (unpaired) electrons. The van der Waals surface area contributed by atoms with Gasteiger partial charge in [-0.3, -0.25) is 4.68 Å². The van der Waals surface area contributed by atoms with Gasteiger partial charge in [0.05, 0.1) is 12.2 Å². The number of rotatable bonds is 3. The smallest absolute Gasteiger partial charge is 0.146 e. The van der Waals surface area contributed by atoms with Gasteiger partial charge >= 0.3 is 0 Å². The number of para-hydroxylation sites is 1. The van der Waals surface area contributed by atoms with Gasteiger partial charge in [0.15, 0.2) is 0 Å². The van der Waals surface area contributed by atoms with Crippen LogP contribution >= 0.6 is 0 Å². The predicted octanol–water partition coefficient (Wildman–Crippen LogP) is 1.57. The van der Waals surface area contributed by atoms with Gasteiger partial charge in [-0.1, -0.05) is 12.1 Å². The Bertz CT molecular complexity index is 452. The minimum absolute atomic E-state index is 0.264. The van der Waals surface area contributed by atoms with Crippen molar-refractivity contribution in [2.75, 3.05) is 5.32 Å². The molecule has 0 amide bonds. The molecule has 0 atom stereocenters. The van der Waals surface area contributed by atoms with E-state index in [0.717, 1.165) is 5.82 Å². The third kappa shape index (κ3) is 2.12. The summed E-state index contributed by atoms with van der Waals surface area (Å²) in [6, 6.07) is 6.54. The van der Waals surface area contributed by atoms with Crippen LogP contribution in [0.5, 0.6) is 0 Å². The number of benzene rings is 1. The van der Waals surface area contributed by atoms with E-state index in [1.165, 1.54) is 12.4 Å². The van der Waals surface area contributed by atoms with Crippen molar-refractivity contribution in [2.24, 2.45) is 7.05 Å². The Morgan fingerprint density at radius 1 is 1.40 bits per heavy atom. The van der Waals surface area contributed by atoms with Crippen molar-refractivity contribution in [3.8, 4) is 0 Å². The Kier molecular flexibility index (Phi) is 2.62. The van der Waals surface area contributed by atoms with E-state index in [2.05, 4.69) is 15.4 Å². The van der Waals surface area contributed by atoms with Gasteiger partial charge in [0, 0.05) is 7.05 Å². The zero-order chi connectivity index (χ0) is 10.7. The molecule has 5 heteroatoms. The van der Waals surface area contributed by atoms with Gasteiger partial charge in [-0.05, 0) is 12.1 Å². The van der Waals surface area contributed by atoms with E-state index in [9.17, 15) is 4.39 Å². The first-order chi connectivity index (χ1) is 7.27. The van der Waals surface area contributed by atoms with Gasteiger partial charge in [0.25, 0.3) is 0 Å². The summed E-state index contributed by atoms with van der Waals surface area (Å²) in [7, 11) is 1.80. The lowest BCUT2D eigenvalue weighted by molar-refractivity contribution is 0.628. The highest BCUT2D eigenvalue weighted by molar-refractivity contribution is 5.44. The van der Waals surface area contributed by atoms with Crippen molar-refractivity contribution in [2.45, 2.75) is 6.54 Å². The minimum atomic E-state index is -0.264. The lowest BCUT2D eigenvalue weighted by Gasteiger charge is -2.06. The van der Waals surface area contributed by atoms with Crippen LogP contribution in [0.15, 0.2) is 30.6 Å². The molecular weight excluding hydrogens is 195 g/mol. The molecule has 0 unspecified atom stereocenters. The van der Waals surface area contributed by atoms with E-state index in [-0.39, 0.29) is 5.82 Å². The van der Waals surface area contributed by atoms with Crippen LogP contribution in [0.1, 0.15) is 5.82 Å². The second-order valence-electron chi connectivity index (χ2n) is 3.13. The Morgan fingerprint density at radius 2 is 2.20 bits per heavy atom. The van der Waals surface area contributed by atoms with Crippen molar-refractivity contribution >= 4 is 5.69 Å². The zero-order valence-electron chi connectivity index (χ0n) is 8.31. The third-order valence-corrected chi connectivity index (χ3v) is 2.12. The van der Waals surface area contributed by atoms with Gasteiger partial charge in [0.1, 0.15) is 18.0 Å². The topological polar surface area (TPSA) is 42.7 Å². The molecule has 2 aromatic rings. The maximum atomic E-state index is 13.2. The minimum Gasteiger partial charge on any atom is -0.375 e. The molecule has 0 fully saturated rings. The number of halogens is 1. The zero-order valence-corrected chi connectivity index (χ0v) is 8.31. The van der Waals surface area contributed by atoms with Crippen molar-refractivity contribution in [1.29, 1.82) is 0 Å². The lowest BCUT2D eigenvalue weighted by Crippen LogP contribution is -2.07. The van der Waals surface area contributed by atoms with Crippen LogP contribution in [0.4, 0.5) is 10.1 Å². The van der Waals surface area contributed by atoms with E-state index in [1.54, 1.807) is 29.9 Å². The third-order valence-electron chi connectivity index (χ3n) is 2.12. The number of hydrogen-bond donors (Lipinski definition) is 1. The van der Waals surface area contributed by atoms with Crippen molar-refractivity contribution in [3.05, 3.63) is 42.2 Å². The summed E-state index contributed by atoms with van der Waals surface area (Å²) < 4.78 is 14.9. The number of aromatic nitrogens is 3. The molecule has 1 N–H and O–H groups in total. The molecule has 1 heterocycles. The molecule has 4 nitrogen and oxygen atoms in total. The highest BCUT2D eigenvalue weighted by atomic mass is 19.1. The fourth-order valence-electron chi connectivity index (χ4n) is 1.26. The molecule has 1 aromatic heterocycles. The van der Waals surface area contributed by atoms with Gasteiger partial charge < -0.3 is 5.32 Å². The van der Waals surface area contributed by atoms with E-state index < -0.39 is 0 Å². The molecule has 0 aliphatic rings. The molecule has 1 aromatic carbocycles. The normalized spacial score (nSPS) is 10.3.